The van der Waals surface area contributed by atoms with E-state index in [0.29, 0.717) is 0 Å². The minimum Gasteiger partial charge on any atom is -0.389 e. The van der Waals surface area contributed by atoms with Crippen molar-refractivity contribution in [1.29, 1.82) is 0 Å². The van der Waals surface area contributed by atoms with Crippen molar-refractivity contribution >= 4 is 5.91 Å². The second-order valence-corrected chi connectivity index (χ2v) is 2.93. The van der Waals surface area contributed by atoms with Crippen molar-refractivity contribution in [2.75, 3.05) is 7.05 Å². The van der Waals surface area contributed by atoms with Crippen LogP contribution in [0.3, 0.4) is 0 Å². The standard InChI is InChI=1S/C7H13NO2/c1-8-6(9)5-7(10)3-2-4-7/h10H,2-5H2,1H3,(H,8,9). The largest absolute Gasteiger partial charge is 0.389 e. The summed E-state index contributed by atoms with van der Waals surface area (Å²) < 4.78 is 0. The lowest BCUT2D eigenvalue weighted by Gasteiger charge is -2.35. The maximum atomic E-state index is 10.7. The van der Waals surface area contributed by atoms with Crippen molar-refractivity contribution < 1.29 is 9.90 Å². The highest BCUT2D eigenvalue weighted by atomic mass is 16.3. The molecule has 0 aromatic carbocycles. The third kappa shape index (κ3) is 1.48. The van der Waals surface area contributed by atoms with E-state index in [9.17, 15) is 9.90 Å². The fourth-order valence-corrected chi connectivity index (χ4v) is 1.15. The first kappa shape index (κ1) is 7.54. The summed E-state index contributed by atoms with van der Waals surface area (Å²) in [7, 11) is 1.59. The highest BCUT2D eigenvalue weighted by molar-refractivity contribution is 5.76. The SMILES string of the molecule is CNC(=O)CC1(O)CCC1. The molecule has 0 aromatic rings. The lowest BCUT2D eigenvalue weighted by molar-refractivity contribution is -0.129. The van der Waals surface area contributed by atoms with E-state index in [2.05, 4.69) is 5.32 Å². The normalized spacial score (nSPS) is 21.4. The summed E-state index contributed by atoms with van der Waals surface area (Å²) in [4.78, 5) is 10.7. The van der Waals surface area contributed by atoms with Crippen LogP contribution in [0.2, 0.25) is 0 Å². The molecule has 0 saturated heterocycles. The summed E-state index contributed by atoms with van der Waals surface area (Å²) in [6.45, 7) is 0. The fourth-order valence-electron chi connectivity index (χ4n) is 1.15. The van der Waals surface area contributed by atoms with Crippen molar-refractivity contribution in [1.82, 2.24) is 5.32 Å². The van der Waals surface area contributed by atoms with Gasteiger partial charge in [0.1, 0.15) is 0 Å². The van der Waals surface area contributed by atoms with E-state index in [1.54, 1.807) is 7.05 Å². The Balaban J connectivity index is 2.29. The molecule has 58 valence electrons. The van der Waals surface area contributed by atoms with Gasteiger partial charge in [-0.05, 0) is 19.3 Å². The van der Waals surface area contributed by atoms with Crippen LogP contribution in [0.5, 0.6) is 0 Å². The van der Waals surface area contributed by atoms with E-state index < -0.39 is 5.60 Å². The molecule has 0 heterocycles. The van der Waals surface area contributed by atoms with Gasteiger partial charge in [0.15, 0.2) is 0 Å². The van der Waals surface area contributed by atoms with Crippen molar-refractivity contribution in [3.63, 3.8) is 0 Å². The van der Waals surface area contributed by atoms with Crippen LogP contribution in [-0.2, 0) is 4.79 Å². The van der Waals surface area contributed by atoms with Crippen LogP contribution in [0.4, 0.5) is 0 Å². The Labute approximate surface area is 60.4 Å². The van der Waals surface area contributed by atoms with Gasteiger partial charge in [0.05, 0.1) is 12.0 Å². The van der Waals surface area contributed by atoms with Crippen LogP contribution in [0.1, 0.15) is 25.7 Å². The van der Waals surface area contributed by atoms with E-state index in [1.807, 2.05) is 0 Å². The van der Waals surface area contributed by atoms with Crippen LogP contribution in [-0.4, -0.2) is 23.7 Å². The molecule has 1 fully saturated rings. The number of hydrogen-bond acceptors (Lipinski definition) is 2. The number of amides is 1. The second-order valence-electron chi connectivity index (χ2n) is 2.93. The Kier molecular flexibility index (Phi) is 1.94. The molecule has 0 aliphatic heterocycles. The molecule has 2 N–H and O–H groups in total. The summed E-state index contributed by atoms with van der Waals surface area (Å²) >= 11 is 0. The fraction of sp³-hybridized carbons (Fsp3) is 0.857. The van der Waals surface area contributed by atoms with Gasteiger partial charge in [-0.15, -0.1) is 0 Å². The third-order valence-electron chi connectivity index (χ3n) is 2.05. The molecule has 10 heavy (non-hydrogen) atoms. The van der Waals surface area contributed by atoms with E-state index in [1.165, 1.54) is 0 Å². The first-order chi connectivity index (χ1) is 4.66. The van der Waals surface area contributed by atoms with Gasteiger partial charge in [-0.1, -0.05) is 0 Å². The molecule has 0 unspecified atom stereocenters. The number of carbonyl (C=O) groups excluding carboxylic acids is 1. The zero-order valence-corrected chi connectivity index (χ0v) is 6.18. The number of rotatable bonds is 2. The van der Waals surface area contributed by atoms with Crippen molar-refractivity contribution in [2.45, 2.75) is 31.3 Å². The maximum absolute atomic E-state index is 10.7. The number of nitrogens with one attached hydrogen (secondary N) is 1. The first-order valence-electron chi connectivity index (χ1n) is 3.59. The quantitative estimate of drug-likeness (QED) is 0.573. The lowest BCUT2D eigenvalue weighted by Crippen LogP contribution is -2.41. The van der Waals surface area contributed by atoms with Crippen LogP contribution in [0.25, 0.3) is 0 Å². The molecule has 3 heteroatoms. The molecule has 1 rings (SSSR count). The zero-order chi connectivity index (χ0) is 7.61. The van der Waals surface area contributed by atoms with E-state index in [-0.39, 0.29) is 12.3 Å². The van der Waals surface area contributed by atoms with Gasteiger partial charge in [-0.25, -0.2) is 0 Å². The molecule has 0 spiro atoms. The molecule has 0 atom stereocenters. The van der Waals surface area contributed by atoms with Gasteiger partial charge in [-0.3, -0.25) is 4.79 Å². The maximum Gasteiger partial charge on any atom is 0.222 e. The van der Waals surface area contributed by atoms with E-state index in [0.717, 1.165) is 19.3 Å². The van der Waals surface area contributed by atoms with Crippen molar-refractivity contribution in [2.24, 2.45) is 0 Å². The molecule has 1 aliphatic rings. The molecule has 1 amide bonds. The smallest absolute Gasteiger partial charge is 0.222 e. The Morgan fingerprint density at radius 1 is 1.70 bits per heavy atom. The monoisotopic (exact) mass is 143 g/mol. The molecule has 0 radical (unpaired) electrons. The predicted octanol–water partition coefficient (Wildman–Crippen LogP) is 0.0375. The Hall–Kier alpha value is -0.570. The summed E-state index contributed by atoms with van der Waals surface area (Å²) in [5.41, 5.74) is -0.667. The third-order valence-corrected chi connectivity index (χ3v) is 2.05. The van der Waals surface area contributed by atoms with Crippen LogP contribution >= 0.6 is 0 Å². The highest BCUT2D eigenvalue weighted by Crippen LogP contribution is 2.34. The van der Waals surface area contributed by atoms with Crippen LogP contribution < -0.4 is 5.32 Å². The Morgan fingerprint density at radius 2 is 2.30 bits per heavy atom. The Bertz CT molecular complexity index is 141. The summed E-state index contributed by atoms with van der Waals surface area (Å²) in [6, 6.07) is 0. The van der Waals surface area contributed by atoms with E-state index in [4.69, 9.17) is 0 Å². The van der Waals surface area contributed by atoms with Crippen LogP contribution in [0.15, 0.2) is 0 Å². The molecule has 1 aliphatic carbocycles. The topological polar surface area (TPSA) is 49.3 Å². The first-order valence-corrected chi connectivity index (χ1v) is 3.59. The average molecular weight is 143 g/mol. The zero-order valence-electron chi connectivity index (χ0n) is 6.18. The van der Waals surface area contributed by atoms with Gasteiger partial charge in [-0.2, -0.15) is 0 Å². The van der Waals surface area contributed by atoms with Gasteiger partial charge in [0.25, 0.3) is 0 Å². The molecule has 0 aromatic heterocycles. The average Bonchev–Trinajstić information content (AvgIpc) is 1.84. The van der Waals surface area contributed by atoms with Gasteiger partial charge in [0, 0.05) is 7.05 Å². The summed E-state index contributed by atoms with van der Waals surface area (Å²) in [6.07, 6.45) is 2.87. The second kappa shape index (κ2) is 2.58. The lowest BCUT2D eigenvalue weighted by atomic mass is 9.78. The minimum absolute atomic E-state index is 0.0674. The van der Waals surface area contributed by atoms with Crippen molar-refractivity contribution in [3.05, 3.63) is 0 Å². The van der Waals surface area contributed by atoms with E-state index >= 15 is 0 Å². The minimum atomic E-state index is -0.667. The molecular weight excluding hydrogens is 130 g/mol. The van der Waals surface area contributed by atoms with Crippen LogP contribution in [0, 0.1) is 0 Å². The Morgan fingerprint density at radius 3 is 2.60 bits per heavy atom. The predicted molar refractivity (Wildman–Crippen MR) is 37.5 cm³/mol. The number of carbonyl (C=O) groups is 1. The summed E-state index contributed by atoms with van der Waals surface area (Å²) in [5, 5.41) is 11.9. The number of hydrogen-bond donors (Lipinski definition) is 2. The van der Waals surface area contributed by atoms with Crippen molar-refractivity contribution in [3.8, 4) is 0 Å². The molecule has 3 nitrogen and oxygen atoms in total. The molecule has 1 saturated carbocycles. The summed E-state index contributed by atoms with van der Waals surface area (Å²) in [5.74, 6) is -0.0674. The molecule has 0 bridgehead atoms. The molecular formula is C7H13NO2. The number of aliphatic hydroxyl groups is 1. The van der Waals surface area contributed by atoms with Gasteiger partial charge < -0.3 is 10.4 Å². The highest BCUT2D eigenvalue weighted by Gasteiger charge is 2.35. The van der Waals surface area contributed by atoms with Gasteiger partial charge in [0.2, 0.25) is 5.91 Å². The van der Waals surface area contributed by atoms with Gasteiger partial charge >= 0.3 is 0 Å².